The molecule has 3 atom stereocenters. The lowest BCUT2D eigenvalue weighted by Gasteiger charge is -2.18. The van der Waals surface area contributed by atoms with Crippen molar-refractivity contribution in [3.05, 3.63) is 0 Å². The highest BCUT2D eigenvalue weighted by Crippen LogP contribution is 2.40. The van der Waals surface area contributed by atoms with Crippen molar-refractivity contribution in [1.82, 2.24) is 5.32 Å². The number of aliphatic hydroxyl groups is 1. The Labute approximate surface area is 94.5 Å². The van der Waals surface area contributed by atoms with Crippen LogP contribution in [0.1, 0.15) is 53.4 Å². The number of aliphatic hydroxyl groups excluding tert-OH is 1. The van der Waals surface area contributed by atoms with Gasteiger partial charge in [-0.2, -0.15) is 0 Å². The van der Waals surface area contributed by atoms with Gasteiger partial charge in [0.1, 0.15) is 0 Å². The highest BCUT2D eigenvalue weighted by molar-refractivity contribution is 4.90. The summed E-state index contributed by atoms with van der Waals surface area (Å²) in [6.07, 6.45) is 4.48. The fourth-order valence-corrected chi connectivity index (χ4v) is 2.85. The maximum atomic E-state index is 9.15. The van der Waals surface area contributed by atoms with E-state index in [4.69, 9.17) is 5.11 Å². The van der Waals surface area contributed by atoms with E-state index in [1.165, 1.54) is 12.8 Å². The second kappa shape index (κ2) is 5.31. The molecule has 0 spiro atoms. The molecular formula is C13H27NO. The molecule has 3 unspecified atom stereocenters. The largest absolute Gasteiger partial charge is 0.393 e. The fraction of sp³-hybridized carbons (Fsp3) is 1.00. The molecule has 0 aromatic rings. The SMILES string of the molecule is CC(O)CCCNC1CC(C)(C)CC1C. The topological polar surface area (TPSA) is 32.3 Å². The summed E-state index contributed by atoms with van der Waals surface area (Å²) in [7, 11) is 0. The van der Waals surface area contributed by atoms with Gasteiger partial charge in [0.05, 0.1) is 6.10 Å². The normalized spacial score (nSPS) is 31.8. The van der Waals surface area contributed by atoms with Gasteiger partial charge in [-0.15, -0.1) is 0 Å². The van der Waals surface area contributed by atoms with Crippen LogP contribution in [0.4, 0.5) is 0 Å². The smallest absolute Gasteiger partial charge is 0.0512 e. The van der Waals surface area contributed by atoms with E-state index in [1.807, 2.05) is 6.92 Å². The number of rotatable bonds is 5. The van der Waals surface area contributed by atoms with Gasteiger partial charge in [0, 0.05) is 6.04 Å². The minimum atomic E-state index is -0.149. The molecule has 2 nitrogen and oxygen atoms in total. The summed E-state index contributed by atoms with van der Waals surface area (Å²) in [5.41, 5.74) is 0.515. The monoisotopic (exact) mass is 213 g/mol. The summed E-state index contributed by atoms with van der Waals surface area (Å²) in [4.78, 5) is 0. The van der Waals surface area contributed by atoms with Gasteiger partial charge in [0.15, 0.2) is 0 Å². The molecule has 0 amide bonds. The van der Waals surface area contributed by atoms with Crippen LogP contribution < -0.4 is 5.32 Å². The van der Waals surface area contributed by atoms with Crippen molar-refractivity contribution < 1.29 is 5.11 Å². The summed E-state index contributed by atoms with van der Waals surface area (Å²) in [6, 6.07) is 0.689. The van der Waals surface area contributed by atoms with Crippen LogP contribution >= 0.6 is 0 Å². The molecule has 15 heavy (non-hydrogen) atoms. The third-order valence-corrected chi connectivity index (χ3v) is 3.54. The summed E-state index contributed by atoms with van der Waals surface area (Å²) in [5.74, 6) is 0.798. The van der Waals surface area contributed by atoms with Crippen molar-refractivity contribution in [2.45, 2.75) is 65.5 Å². The fourth-order valence-electron chi connectivity index (χ4n) is 2.85. The summed E-state index contributed by atoms with van der Waals surface area (Å²) >= 11 is 0. The Morgan fingerprint density at radius 3 is 2.53 bits per heavy atom. The molecule has 1 aliphatic carbocycles. The molecule has 2 N–H and O–H groups in total. The summed E-state index contributed by atoms with van der Waals surface area (Å²) in [5, 5.41) is 12.8. The van der Waals surface area contributed by atoms with Crippen LogP contribution in [0.5, 0.6) is 0 Å². The zero-order valence-corrected chi connectivity index (χ0v) is 10.7. The van der Waals surface area contributed by atoms with Gasteiger partial charge in [-0.1, -0.05) is 20.8 Å². The predicted molar refractivity (Wildman–Crippen MR) is 64.9 cm³/mol. The Kier molecular flexibility index (Phi) is 4.60. The Hall–Kier alpha value is -0.0800. The average molecular weight is 213 g/mol. The van der Waals surface area contributed by atoms with Gasteiger partial charge in [-0.25, -0.2) is 0 Å². The van der Waals surface area contributed by atoms with E-state index >= 15 is 0 Å². The van der Waals surface area contributed by atoms with Crippen molar-refractivity contribution in [3.8, 4) is 0 Å². The quantitative estimate of drug-likeness (QED) is 0.688. The first-order valence-corrected chi connectivity index (χ1v) is 6.32. The molecular weight excluding hydrogens is 186 g/mol. The van der Waals surface area contributed by atoms with Crippen LogP contribution in [-0.2, 0) is 0 Å². The molecule has 0 aromatic heterocycles. The standard InChI is InChI=1S/C13H27NO/c1-10-8-13(3,4)9-12(10)14-7-5-6-11(2)15/h10-12,14-15H,5-9H2,1-4H3. The molecule has 0 bridgehead atoms. The Morgan fingerprint density at radius 1 is 1.40 bits per heavy atom. The molecule has 1 saturated carbocycles. The number of nitrogens with one attached hydrogen (secondary N) is 1. The van der Waals surface area contributed by atoms with Gasteiger partial charge in [-0.05, 0) is 50.5 Å². The van der Waals surface area contributed by atoms with Gasteiger partial charge in [0.2, 0.25) is 0 Å². The van der Waals surface area contributed by atoms with E-state index in [2.05, 4.69) is 26.1 Å². The van der Waals surface area contributed by atoms with Gasteiger partial charge in [-0.3, -0.25) is 0 Å². The van der Waals surface area contributed by atoms with Crippen LogP contribution in [0.3, 0.4) is 0 Å². The molecule has 0 radical (unpaired) electrons. The zero-order chi connectivity index (χ0) is 11.5. The van der Waals surface area contributed by atoms with E-state index in [1.54, 1.807) is 0 Å². The van der Waals surface area contributed by atoms with E-state index < -0.39 is 0 Å². The maximum absolute atomic E-state index is 9.15. The van der Waals surface area contributed by atoms with E-state index in [0.717, 1.165) is 25.3 Å². The van der Waals surface area contributed by atoms with Crippen LogP contribution in [-0.4, -0.2) is 23.8 Å². The lowest BCUT2D eigenvalue weighted by Crippen LogP contribution is -2.32. The Bertz CT molecular complexity index is 189. The molecule has 1 aliphatic rings. The third kappa shape index (κ3) is 4.52. The summed E-state index contributed by atoms with van der Waals surface area (Å²) in [6.45, 7) is 9.99. The molecule has 0 saturated heterocycles. The highest BCUT2D eigenvalue weighted by atomic mass is 16.3. The first-order valence-electron chi connectivity index (χ1n) is 6.32. The number of hydrogen-bond donors (Lipinski definition) is 2. The highest BCUT2D eigenvalue weighted by Gasteiger charge is 2.35. The first kappa shape index (κ1) is 13.0. The lowest BCUT2D eigenvalue weighted by atomic mass is 9.91. The lowest BCUT2D eigenvalue weighted by molar-refractivity contribution is 0.180. The first-order chi connectivity index (χ1) is 6.91. The molecule has 0 aromatic carbocycles. The van der Waals surface area contributed by atoms with Gasteiger partial charge in [0.25, 0.3) is 0 Å². The maximum Gasteiger partial charge on any atom is 0.0512 e. The average Bonchev–Trinajstić information content (AvgIpc) is 2.33. The van der Waals surface area contributed by atoms with Gasteiger partial charge >= 0.3 is 0 Å². The van der Waals surface area contributed by atoms with Gasteiger partial charge < -0.3 is 10.4 Å². The van der Waals surface area contributed by atoms with Crippen molar-refractivity contribution in [2.24, 2.45) is 11.3 Å². The Balaban J connectivity index is 2.17. The molecule has 0 aliphatic heterocycles. The molecule has 1 rings (SSSR count). The van der Waals surface area contributed by atoms with Crippen LogP contribution in [0.25, 0.3) is 0 Å². The molecule has 0 heterocycles. The summed E-state index contributed by atoms with van der Waals surface area (Å²) < 4.78 is 0. The predicted octanol–water partition coefficient (Wildman–Crippen LogP) is 2.56. The van der Waals surface area contributed by atoms with Crippen LogP contribution in [0.15, 0.2) is 0 Å². The second-order valence-corrected chi connectivity index (χ2v) is 6.10. The zero-order valence-electron chi connectivity index (χ0n) is 10.7. The molecule has 1 fully saturated rings. The second-order valence-electron chi connectivity index (χ2n) is 6.10. The minimum absolute atomic E-state index is 0.149. The Morgan fingerprint density at radius 2 is 2.07 bits per heavy atom. The molecule has 2 heteroatoms. The van der Waals surface area contributed by atoms with Crippen molar-refractivity contribution in [1.29, 1.82) is 0 Å². The third-order valence-electron chi connectivity index (χ3n) is 3.54. The minimum Gasteiger partial charge on any atom is -0.393 e. The van der Waals surface area contributed by atoms with E-state index in [9.17, 15) is 0 Å². The van der Waals surface area contributed by atoms with Crippen molar-refractivity contribution in [2.75, 3.05) is 6.54 Å². The van der Waals surface area contributed by atoms with E-state index in [-0.39, 0.29) is 6.10 Å². The van der Waals surface area contributed by atoms with E-state index in [0.29, 0.717) is 11.5 Å². The van der Waals surface area contributed by atoms with Crippen LogP contribution in [0.2, 0.25) is 0 Å². The number of hydrogen-bond acceptors (Lipinski definition) is 2. The van der Waals surface area contributed by atoms with Crippen molar-refractivity contribution >= 4 is 0 Å². The van der Waals surface area contributed by atoms with Crippen molar-refractivity contribution in [3.63, 3.8) is 0 Å². The van der Waals surface area contributed by atoms with Crippen LogP contribution in [0, 0.1) is 11.3 Å². The molecule has 90 valence electrons.